The van der Waals surface area contributed by atoms with Crippen LogP contribution in [0, 0.1) is 0 Å². The number of nitrogens with one attached hydrogen (secondary N) is 2. The van der Waals surface area contributed by atoms with Crippen molar-refractivity contribution in [2.75, 3.05) is 35.7 Å². The number of aromatic nitrogens is 2. The van der Waals surface area contributed by atoms with E-state index in [0.29, 0.717) is 12.3 Å². The summed E-state index contributed by atoms with van der Waals surface area (Å²) in [5.41, 5.74) is 0. The molecular formula is C10H15F3N4OS. The normalized spacial score (nSPS) is 13.1. The third-order valence-corrected chi connectivity index (χ3v) is 2.81. The summed E-state index contributed by atoms with van der Waals surface area (Å²) in [5, 5.41) is 5.41. The van der Waals surface area contributed by atoms with Gasteiger partial charge in [0.05, 0.1) is 0 Å². The van der Waals surface area contributed by atoms with Gasteiger partial charge in [-0.15, -0.1) is 0 Å². The fourth-order valence-corrected chi connectivity index (χ4v) is 1.65. The van der Waals surface area contributed by atoms with Crippen molar-refractivity contribution in [1.82, 2.24) is 9.97 Å². The Morgan fingerprint density at radius 3 is 2.32 bits per heavy atom. The van der Waals surface area contributed by atoms with E-state index in [2.05, 4.69) is 20.6 Å². The molecule has 0 bridgehead atoms. The molecule has 1 aromatic heterocycles. The first-order valence-corrected chi connectivity index (χ1v) is 7.29. The van der Waals surface area contributed by atoms with E-state index in [0.717, 1.165) is 0 Å². The fourth-order valence-electron chi connectivity index (χ4n) is 1.26. The zero-order valence-electron chi connectivity index (χ0n) is 10.5. The molecule has 0 aliphatic rings. The van der Waals surface area contributed by atoms with Gasteiger partial charge in [0, 0.05) is 42.0 Å². The second kappa shape index (κ2) is 6.69. The van der Waals surface area contributed by atoms with Crippen LogP contribution in [-0.4, -0.2) is 39.3 Å². The van der Waals surface area contributed by atoms with Gasteiger partial charge in [0.1, 0.15) is 11.6 Å². The fraction of sp³-hybridized carbons (Fsp3) is 0.600. The first kappa shape index (κ1) is 15.7. The lowest BCUT2D eigenvalue weighted by Crippen LogP contribution is -2.17. The van der Waals surface area contributed by atoms with E-state index < -0.39 is 22.8 Å². The SMILES string of the molecule is CCNc1cc(NCCS(C)=O)nc(C(F)(F)F)n1. The molecular weight excluding hydrogens is 281 g/mol. The van der Waals surface area contributed by atoms with Crippen molar-refractivity contribution in [2.24, 2.45) is 0 Å². The zero-order valence-corrected chi connectivity index (χ0v) is 11.4. The van der Waals surface area contributed by atoms with Gasteiger partial charge in [-0.1, -0.05) is 0 Å². The number of hydrogen-bond donors (Lipinski definition) is 2. The van der Waals surface area contributed by atoms with Gasteiger partial charge in [-0.25, -0.2) is 9.97 Å². The van der Waals surface area contributed by atoms with Crippen LogP contribution >= 0.6 is 0 Å². The van der Waals surface area contributed by atoms with Gasteiger partial charge in [0.25, 0.3) is 0 Å². The minimum Gasteiger partial charge on any atom is -0.370 e. The molecule has 0 aliphatic heterocycles. The van der Waals surface area contributed by atoms with E-state index in [1.807, 2.05) is 0 Å². The van der Waals surface area contributed by atoms with E-state index >= 15 is 0 Å². The maximum Gasteiger partial charge on any atom is 0.451 e. The molecule has 1 heterocycles. The Balaban J connectivity index is 2.90. The molecule has 0 amide bonds. The summed E-state index contributed by atoms with van der Waals surface area (Å²) in [6, 6.07) is 1.39. The van der Waals surface area contributed by atoms with Gasteiger partial charge >= 0.3 is 6.18 Å². The summed E-state index contributed by atoms with van der Waals surface area (Å²) in [6.45, 7) is 2.48. The van der Waals surface area contributed by atoms with Crippen molar-refractivity contribution in [1.29, 1.82) is 0 Å². The van der Waals surface area contributed by atoms with E-state index in [-0.39, 0.29) is 18.2 Å². The predicted octanol–water partition coefficient (Wildman–Crippen LogP) is 1.72. The highest BCUT2D eigenvalue weighted by Gasteiger charge is 2.35. The Bertz CT molecular complexity index is 453. The monoisotopic (exact) mass is 296 g/mol. The molecule has 9 heteroatoms. The Kier molecular flexibility index (Phi) is 5.52. The zero-order chi connectivity index (χ0) is 14.5. The van der Waals surface area contributed by atoms with Gasteiger partial charge in [0.2, 0.25) is 5.82 Å². The molecule has 0 radical (unpaired) electrons. The molecule has 1 unspecified atom stereocenters. The Morgan fingerprint density at radius 1 is 1.26 bits per heavy atom. The maximum absolute atomic E-state index is 12.6. The van der Waals surface area contributed by atoms with Crippen LogP contribution in [0.5, 0.6) is 0 Å². The van der Waals surface area contributed by atoms with Gasteiger partial charge in [-0.05, 0) is 6.92 Å². The second-order valence-corrected chi connectivity index (χ2v) is 5.25. The third kappa shape index (κ3) is 5.41. The number of hydrogen-bond acceptors (Lipinski definition) is 5. The summed E-state index contributed by atoms with van der Waals surface area (Å²) in [6.07, 6.45) is -3.08. The average Bonchev–Trinajstić information content (AvgIpc) is 2.27. The summed E-state index contributed by atoms with van der Waals surface area (Å²) < 4.78 is 48.7. The number of halogens is 3. The molecule has 0 aromatic carbocycles. The number of anilines is 2. The first-order chi connectivity index (χ1) is 8.82. The summed E-state index contributed by atoms with van der Waals surface area (Å²) in [7, 11) is -1.01. The quantitative estimate of drug-likeness (QED) is 0.836. The van der Waals surface area contributed by atoms with E-state index in [1.54, 1.807) is 6.92 Å². The van der Waals surface area contributed by atoms with Crippen LogP contribution in [0.25, 0.3) is 0 Å². The van der Waals surface area contributed by atoms with E-state index in [9.17, 15) is 17.4 Å². The van der Waals surface area contributed by atoms with Crippen LogP contribution in [0.2, 0.25) is 0 Å². The largest absolute Gasteiger partial charge is 0.451 e. The van der Waals surface area contributed by atoms with Crippen molar-refractivity contribution in [3.8, 4) is 0 Å². The predicted molar refractivity (Wildman–Crippen MR) is 68.6 cm³/mol. The van der Waals surface area contributed by atoms with Crippen molar-refractivity contribution in [2.45, 2.75) is 13.1 Å². The lowest BCUT2D eigenvalue weighted by Gasteiger charge is -2.11. The Morgan fingerprint density at radius 2 is 1.84 bits per heavy atom. The molecule has 0 aliphatic carbocycles. The maximum atomic E-state index is 12.6. The molecule has 1 rings (SSSR count). The topological polar surface area (TPSA) is 66.9 Å². The van der Waals surface area contributed by atoms with Crippen molar-refractivity contribution < 1.29 is 17.4 Å². The minimum absolute atomic E-state index is 0.0590. The minimum atomic E-state index is -4.60. The molecule has 1 aromatic rings. The smallest absolute Gasteiger partial charge is 0.370 e. The van der Waals surface area contributed by atoms with Crippen LogP contribution in [0.15, 0.2) is 6.07 Å². The molecule has 2 N–H and O–H groups in total. The molecule has 0 saturated heterocycles. The third-order valence-electron chi connectivity index (χ3n) is 2.03. The molecule has 0 spiro atoms. The molecule has 1 atom stereocenters. The van der Waals surface area contributed by atoms with Crippen LogP contribution in [0.1, 0.15) is 12.7 Å². The summed E-state index contributed by atoms with van der Waals surface area (Å²) in [5.74, 6) is -0.707. The van der Waals surface area contributed by atoms with Crippen molar-refractivity contribution >= 4 is 22.4 Å². The lowest BCUT2D eigenvalue weighted by molar-refractivity contribution is -0.144. The molecule has 5 nitrogen and oxygen atoms in total. The molecule has 0 fully saturated rings. The number of nitrogens with zero attached hydrogens (tertiary/aromatic N) is 2. The summed E-state index contributed by atoms with van der Waals surface area (Å²) >= 11 is 0. The highest BCUT2D eigenvalue weighted by atomic mass is 32.2. The molecule has 19 heavy (non-hydrogen) atoms. The standard InChI is InChI=1S/C10H15F3N4OS/c1-3-14-7-6-8(15-4-5-19(2)18)17-9(16-7)10(11,12)13/h6H,3-5H2,1-2H3,(H2,14,15,16,17). The number of rotatable bonds is 6. The van der Waals surface area contributed by atoms with E-state index in [1.165, 1.54) is 12.3 Å². The van der Waals surface area contributed by atoms with Crippen LogP contribution in [-0.2, 0) is 17.0 Å². The van der Waals surface area contributed by atoms with Crippen LogP contribution < -0.4 is 10.6 Å². The second-order valence-electron chi connectivity index (χ2n) is 3.69. The average molecular weight is 296 g/mol. The highest BCUT2D eigenvalue weighted by molar-refractivity contribution is 7.84. The van der Waals surface area contributed by atoms with E-state index in [4.69, 9.17) is 0 Å². The molecule has 108 valence electrons. The summed E-state index contributed by atoms with van der Waals surface area (Å²) in [4.78, 5) is 6.79. The van der Waals surface area contributed by atoms with Crippen LogP contribution in [0.3, 0.4) is 0 Å². The van der Waals surface area contributed by atoms with Crippen molar-refractivity contribution in [3.05, 3.63) is 11.9 Å². The highest BCUT2D eigenvalue weighted by Crippen LogP contribution is 2.28. The first-order valence-electron chi connectivity index (χ1n) is 5.57. The van der Waals surface area contributed by atoms with Gasteiger partial charge in [0.15, 0.2) is 0 Å². The Hall–Kier alpha value is -1.38. The van der Waals surface area contributed by atoms with Gasteiger partial charge < -0.3 is 10.6 Å². The Labute approximate surface area is 111 Å². The van der Waals surface area contributed by atoms with Crippen molar-refractivity contribution in [3.63, 3.8) is 0 Å². The van der Waals surface area contributed by atoms with Gasteiger partial charge in [-0.2, -0.15) is 13.2 Å². The number of alkyl halides is 3. The van der Waals surface area contributed by atoms with Crippen LogP contribution in [0.4, 0.5) is 24.8 Å². The molecule has 0 saturated carbocycles. The lowest BCUT2D eigenvalue weighted by atomic mass is 10.4. The van der Waals surface area contributed by atoms with Gasteiger partial charge in [-0.3, -0.25) is 4.21 Å².